The van der Waals surface area contributed by atoms with Crippen molar-refractivity contribution in [3.8, 4) is 11.5 Å². The number of allylic oxidation sites excluding steroid dienone is 1. The highest BCUT2D eigenvalue weighted by Gasteiger charge is 2.20. The molecule has 4 rings (SSSR count). The number of ether oxygens (including phenoxy) is 3. The Balaban J connectivity index is 1.68. The Morgan fingerprint density at radius 1 is 1.21 bits per heavy atom. The predicted molar refractivity (Wildman–Crippen MR) is 155 cm³/mol. The second-order valence-corrected chi connectivity index (χ2v) is 9.93. The summed E-state index contributed by atoms with van der Waals surface area (Å²) in [5.41, 5.74) is 1.91. The van der Waals surface area contributed by atoms with Gasteiger partial charge in [-0.3, -0.25) is 9.59 Å². The minimum absolute atomic E-state index is 0.103. The Bertz CT molecular complexity index is 1430. The summed E-state index contributed by atoms with van der Waals surface area (Å²) in [5.74, 6) is 1.48. The minimum atomic E-state index is -0.237. The van der Waals surface area contributed by atoms with Crippen molar-refractivity contribution in [1.82, 2.24) is 14.6 Å². The van der Waals surface area contributed by atoms with Crippen molar-refractivity contribution in [2.45, 2.75) is 33.1 Å². The average molecular weight is 598 g/mol. The number of nitrogens with zero attached hydrogens (tertiary/aromatic N) is 4. The number of hydrogen-bond donors (Lipinski definition) is 0. The smallest absolute Gasteiger partial charge is 0.282 e. The number of benzene rings is 2. The zero-order valence-corrected chi connectivity index (χ0v) is 23.9. The van der Waals surface area contributed by atoms with E-state index in [0.717, 1.165) is 16.5 Å². The molecule has 1 aliphatic heterocycles. The van der Waals surface area contributed by atoms with Crippen molar-refractivity contribution < 1.29 is 19.0 Å². The molecule has 3 aromatic rings. The third-order valence-corrected chi connectivity index (χ3v) is 6.69. The van der Waals surface area contributed by atoms with Gasteiger partial charge < -0.3 is 19.1 Å². The van der Waals surface area contributed by atoms with Crippen LogP contribution in [-0.4, -0.2) is 66.2 Å². The number of aryl methyl sites for hydroxylation is 1. The maximum absolute atomic E-state index is 13.4. The quantitative estimate of drug-likeness (QED) is 0.241. The summed E-state index contributed by atoms with van der Waals surface area (Å²) in [6.07, 6.45) is 5.29. The number of aromatic nitrogens is 2. The fourth-order valence-electron chi connectivity index (χ4n) is 4.35. The molecule has 39 heavy (non-hydrogen) atoms. The summed E-state index contributed by atoms with van der Waals surface area (Å²) in [4.78, 5) is 32.5. The van der Waals surface area contributed by atoms with Gasteiger partial charge in [-0.25, -0.2) is 4.98 Å². The summed E-state index contributed by atoms with van der Waals surface area (Å²) < 4.78 is 19.4. The van der Waals surface area contributed by atoms with Gasteiger partial charge in [0, 0.05) is 29.5 Å². The molecule has 0 saturated carbocycles. The lowest BCUT2D eigenvalue weighted by atomic mass is 10.1. The number of amides is 1. The van der Waals surface area contributed by atoms with Crippen LogP contribution in [0.2, 0.25) is 0 Å². The molecule has 1 aliphatic rings. The summed E-state index contributed by atoms with van der Waals surface area (Å²) in [5, 5.41) is 5.03. The van der Waals surface area contributed by atoms with Gasteiger partial charge in [0.1, 0.15) is 5.82 Å². The van der Waals surface area contributed by atoms with Gasteiger partial charge in [0.2, 0.25) is 0 Å². The van der Waals surface area contributed by atoms with Crippen LogP contribution in [0.3, 0.4) is 0 Å². The zero-order chi connectivity index (χ0) is 27.8. The van der Waals surface area contributed by atoms with Crippen LogP contribution in [0.5, 0.6) is 11.5 Å². The van der Waals surface area contributed by atoms with E-state index in [1.807, 2.05) is 32.0 Å². The van der Waals surface area contributed by atoms with Crippen LogP contribution in [-0.2, 0) is 22.4 Å². The molecular formula is C29H33BrN4O5. The van der Waals surface area contributed by atoms with Crippen LogP contribution >= 0.6 is 15.9 Å². The Hall–Kier alpha value is -3.50. The number of carbonyl (C=O) groups is 1. The van der Waals surface area contributed by atoms with Crippen molar-refractivity contribution in [3.63, 3.8) is 0 Å². The van der Waals surface area contributed by atoms with Gasteiger partial charge in [0.15, 0.2) is 18.1 Å². The van der Waals surface area contributed by atoms with E-state index in [2.05, 4.69) is 27.6 Å². The summed E-state index contributed by atoms with van der Waals surface area (Å²) in [7, 11) is 0. The number of morpholine rings is 1. The molecule has 9 nitrogen and oxygen atoms in total. The highest BCUT2D eigenvalue weighted by atomic mass is 79.9. The normalized spacial score (nSPS) is 13.7. The number of rotatable bonds is 11. The lowest BCUT2D eigenvalue weighted by molar-refractivity contribution is -0.137. The van der Waals surface area contributed by atoms with Crippen LogP contribution in [0, 0.1) is 0 Å². The number of halogens is 1. The molecule has 0 N–H and O–H groups in total. The Kier molecular flexibility index (Phi) is 9.89. The van der Waals surface area contributed by atoms with Gasteiger partial charge in [-0.05, 0) is 55.7 Å². The van der Waals surface area contributed by atoms with E-state index in [4.69, 9.17) is 19.2 Å². The van der Waals surface area contributed by atoms with Gasteiger partial charge in [0.25, 0.3) is 11.5 Å². The van der Waals surface area contributed by atoms with Gasteiger partial charge in [-0.2, -0.15) is 9.78 Å². The van der Waals surface area contributed by atoms with Crippen molar-refractivity contribution in [1.29, 1.82) is 0 Å². The second kappa shape index (κ2) is 13.5. The van der Waals surface area contributed by atoms with E-state index in [9.17, 15) is 9.59 Å². The molecular weight excluding hydrogens is 564 g/mol. The van der Waals surface area contributed by atoms with Gasteiger partial charge in [-0.15, -0.1) is 6.58 Å². The third-order valence-electron chi connectivity index (χ3n) is 6.19. The first kappa shape index (κ1) is 28.5. The molecule has 0 bridgehead atoms. The largest absolute Gasteiger partial charge is 0.490 e. The number of hydrogen-bond acceptors (Lipinski definition) is 7. The first-order valence-corrected chi connectivity index (χ1v) is 13.9. The monoisotopic (exact) mass is 596 g/mol. The summed E-state index contributed by atoms with van der Waals surface area (Å²) in [6, 6.07) is 9.15. The molecule has 0 radical (unpaired) electrons. The molecule has 2 heterocycles. The maximum Gasteiger partial charge on any atom is 0.282 e. The molecule has 206 valence electrons. The highest BCUT2D eigenvalue weighted by Crippen LogP contribution is 2.34. The molecule has 0 spiro atoms. The van der Waals surface area contributed by atoms with E-state index in [1.165, 1.54) is 4.68 Å². The fraction of sp³-hybridized carbons (Fsp3) is 0.379. The minimum Gasteiger partial charge on any atom is -0.490 e. The molecule has 1 aromatic heterocycles. The Morgan fingerprint density at radius 3 is 2.72 bits per heavy atom. The average Bonchev–Trinajstić information content (AvgIpc) is 2.93. The van der Waals surface area contributed by atoms with Crippen LogP contribution in [0.4, 0.5) is 0 Å². The van der Waals surface area contributed by atoms with Crippen molar-refractivity contribution in [3.05, 3.63) is 74.8 Å². The fourth-order valence-corrected chi connectivity index (χ4v) is 4.71. The van der Waals surface area contributed by atoms with Crippen LogP contribution in [0.1, 0.15) is 37.2 Å². The van der Waals surface area contributed by atoms with E-state index >= 15 is 0 Å². The first-order chi connectivity index (χ1) is 18.9. The van der Waals surface area contributed by atoms with Gasteiger partial charge in [-0.1, -0.05) is 28.9 Å². The lowest BCUT2D eigenvalue weighted by Crippen LogP contribution is -2.43. The summed E-state index contributed by atoms with van der Waals surface area (Å²) in [6.45, 7) is 10.2. The van der Waals surface area contributed by atoms with Gasteiger partial charge >= 0.3 is 0 Å². The molecule has 1 fully saturated rings. The van der Waals surface area contributed by atoms with Gasteiger partial charge in [0.05, 0.1) is 36.9 Å². The van der Waals surface area contributed by atoms with Crippen LogP contribution in [0.25, 0.3) is 10.9 Å². The predicted octanol–water partition coefficient (Wildman–Crippen LogP) is 4.36. The third kappa shape index (κ3) is 6.93. The molecule has 0 unspecified atom stereocenters. The van der Waals surface area contributed by atoms with E-state index in [-0.39, 0.29) is 18.1 Å². The topological polar surface area (TPSA) is 95.2 Å². The van der Waals surface area contributed by atoms with E-state index < -0.39 is 0 Å². The molecule has 0 atom stereocenters. The van der Waals surface area contributed by atoms with Crippen molar-refractivity contribution >= 4 is 39.0 Å². The Labute approximate surface area is 236 Å². The first-order valence-electron chi connectivity index (χ1n) is 13.1. The van der Waals surface area contributed by atoms with Crippen LogP contribution in [0.15, 0.2) is 57.4 Å². The van der Waals surface area contributed by atoms with Crippen molar-refractivity contribution in [2.75, 3.05) is 39.5 Å². The summed E-state index contributed by atoms with van der Waals surface area (Å²) >= 11 is 3.43. The molecule has 0 aliphatic carbocycles. The maximum atomic E-state index is 13.4. The van der Waals surface area contributed by atoms with Crippen molar-refractivity contribution in [2.24, 2.45) is 5.10 Å². The highest BCUT2D eigenvalue weighted by molar-refractivity contribution is 9.10. The lowest BCUT2D eigenvalue weighted by Gasteiger charge is -2.27. The molecule has 10 heteroatoms. The van der Waals surface area contributed by atoms with E-state index in [0.29, 0.717) is 79.5 Å². The second-order valence-electron chi connectivity index (χ2n) is 9.02. The number of carbonyl (C=O) groups excluding carboxylic acids is 1. The molecule has 1 amide bonds. The SMILES string of the molecule is C=CCc1cc(C=Nn2c(CCC)nc3ccc(Br)cc3c2=O)cc(OCC)c1OCC(=O)N1CCOCC1. The Morgan fingerprint density at radius 2 is 2.00 bits per heavy atom. The van der Waals surface area contributed by atoms with Crippen LogP contribution < -0.4 is 15.0 Å². The standard InChI is InChI=1S/C29H33BrN4O5/c1-4-7-21-15-20(16-25(38-6-3)28(21)39-19-27(35)33-11-13-37-14-12-33)18-31-34-26(8-5-2)32-24-10-9-22(30)17-23(24)29(34)36/h4,9-10,15-18H,1,5-8,11-14,19H2,2-3H3. The molecule has 1 saturated heterocycles. The molecule has 2 aromatic carbocycles. The number of fused-ring (bicyclic) bond motifs is 1. The van der Waals surface area contributed by atoms with E-state index in [1.54, 1.807) is 29.3 Å². The zero-order valence-electron chi connectivity index (χ0n) is 22.3.